The van der Waals surface area contributed by atoms with Crippen molar-refractivity contribution < 1.29 is 8.42 Å². The van der Waals surface area contributed by atoms with Crippen LogP contribution in [-0.4, -0.2) is 50.1 Å². The fraction of sp³-hybridized carbons (Fsp3) is 0.348. The van der Waals surface area contributed by atoms with Crippen molar-refractivity contribution in [3.8, 4) is 5.69 Å². The number of piperidine rings is 1. The van der Waals surface area contributed by atoms with Gasteiger partial charge in [0.05, 0.1) is 21.7 Å². The van der Waals surface area contributed by atoms with Crippen LogP contribution in [0.5, 0.6) is 0 Å². The van der Waals surface area contributed by atoms with Gasteiger partial charge in [-0.05, 0) is 50.1 Å². The fourth-order valence-electron chi connectivity index (χ4n) is 4.25. The van der Waals surface area contributed by atoms with Crippen LogP contribution in [0.3, 0.4) is 0 Å². The maximum atomic E-state index is 13.1. The molecule has 3 heterocycles. The summed E-state index contributed by atoms with van der Waals surface area (Å²) in [4.78, 5) is 5.13. The molecule has 0 bridgehead atoms. The molecule has 0 saturated carbocycles. The third-order valence-corrected chi connectivity index (χ3v) is 8.78. The molecule has 0 atom stereocenters. The summed E-state index contributed by atoms with van der Waals surface area (Å²) in [6.07, 6.45) is 4.63. The number of fused-ring (bicyclic) bond motifs is 1. The molecule has 8 nitrogen and oxygen atoms in total. The van der Waals surface area contributed by atoms with Gasteiger partial charge in [0.15, 0.2) is 5.16 Å². The standard InChI is InChI=1S/C23H26N6O2S2/c1-2-28-21-12-11-19(33(30,31)27-13-7-4-8-14-27)15-20(21)25-22(28)16-32-23-26-24-17-29(23)18-9-5-3-6-10-18/h3,5-6,9-12,15,17H,2,4,7-8,13-14,16H2,1H3. The molecule has 0 N–H and O–H groups in total. The summed E-state index contributed by atoms with van der Waals surface area (Å²) in [7, 11) is -3.49. The molecule has 1 aliphatic rings. The lowest BCUT2D eigenvalue weighted by Crippen LogP contribution is -2.35. The Bertz CT molecular complexity index is 1360. The molecule has 1 saturated heterocycles. The molecule has 0 spiro atoms. The highest BCUT2D eigenvalue weighted by molar-refractivity contribution is 7.98. The molecule has 10 heteroatoms. The van der Waals surface area contributed by atoms with E-state index in [-0.39, 0.29) is 0 Å². The molecular weight excluding hydrogens is 456 g/mol. The molecule has 0 radical (unpaired) electrons. The van der Waals surface area contributed by atoms with E-state index >= 15 is 0 Å². The van der Waals surface area contributed by atoms with Crippen LogP contribution in [-0.2, 0) is 22.3 Å². The molecular formula is C23H26N6O2S2. The van der Waals surface area contributed by atoms with E-state index in [1.807, 2.05) is 41.0 Å². The highest BCUT2D eigenvalue weighted by atomic mass is 32.2. The van der Waals surface area contributed by atoms with Gasteiger partial charge in [0.1, 0.15) is 12.2 Å². The Morgan fingerprint density at radius 3 is 2.58 bits per heavy atom. The van der Waals surface area contributed by atoms with Gasteiger partial charge in [-0.15, -0.1) is 10.2 Å². The summed E-state index contributed by atoms with van der Waals surface area (Å²) < 4.78 is 31.9. The van der Waals surface area contributed by atoms with Crippen molar-refractivity contribution in [2.24, 2.45) is 0 Å². The smallest absolute Gasteiger partial charge is 0.243 e. The summed E-state index contributed by atoms with van der Waals surface area (Å²) >= 11 is 1.56. The maximum Gasteiger partial charge on any atom is 0.243 e. The highest BCUT2D eigenvalue weighted by Gasteiger charge is 2.26. The van der Waals surface area contributed by atoms with E-state index in [0.717, 1.165) is 48.0 Å². The molecule has 1 fully saturated rings. The number of aromatic nitrogens is 5. The lowest BCUT2D eigenvalue weighted by molar-refractivity contribution is 0.346. The van der Waals surface area contributed by atoms with E-state index < -0.39 is 10.0 Å². The molecule has 0 aliphatic carbocycles. The van der Waals surface area contributed by atoms with Gasteiger partial charge in [0.25, 0.3) is 0 Å². The van der Waals surface area contributed by atoms with E-state index in [1.165, 1.54) is 0 Å². The number of benzene rings is 2. The second-order valence-electron chi connectivity index (χ2n) is 8.00. The van der Waals surface area contributed by atoms with E-state index in [2.05, 4.69) is 21.7 Å². The van der Waals surface area contributed by atoms with Gasteiger partial charge in [-0.2, -0.15) is 4.31 Å². The van der Waals surface area contributed by atoms with E-state index in [4.69, 9.17) is 4.98 Å². The Labute approximate surface area is 197 Å². The quantitative estimate of drug-likeness (QED) is 0.369. The van der Waals surface area contributed by atoms with Crippen LogP contribution in [0.15, 0.2) is 64.9 Å². The molecule has 2 aromatic heterocycles. The second kappa shape index (κ2) is 9.28. The lowest BCUT2D eigenvalue weighted by Gasteiger charge is -2.25. The van der Waals surface area contributed by atoms with Crippen molar-refractivity contribution in [2.75, 3.05) is 13.1 Å². The molecule has 2 aromatic carbocycles. The number of rotatable bonds is 7. The summed E-state index contributed by atoms with van der Waals surface area (Å²) in [6, 6.07) is 15.3. The van der Waals surface area contributed by atoms with Crippen molar-refractivity contribution in [1.82, 2.24) is 28.6 Å². The van der Waals surface area contributed by atoms with Crippen molar-refractivity contribution >= 4 is 32.8 Å². The van der Waals surface area contributed by atoms with E-state index in [9.17, 15) is 8.42 Å². The highest BCUT2D eigenvalue weighted by Crippen LogP contribution is 2.28. The van der Waals surface area contributed by atoms with Crippen LogP contribution in [0.1, 0.15) is 32.0 Å². The Morgan fingerprint density at radius 2 is 1.82 bits per heavy atom. The van der Waals surface area contributed by atoms with Gasteiger partial charge >= 0.3 is 0 Å². The molecule has 1 aliphatic heterocycles. The minimum Gasteiger partial charge on any atom is -0.328 e. The van der Waals surface area contributed by atoms with Crippen LogP contribution in [0, 0.1) is 0 Å². The number of sulfonamides is 1. The molecule has 5 rings (SSSR count). The van der Waals surface area contributed by atoms with Crippen molar-refractivity contribution in [1.29, 1.82) is 0 Å². The molecule has 4 aromatic rings. The van der Waals surface area contributed by atoms with Crippen LogP contribution in [0.2, 0.25) is 0 Å². The largest absolute Gasteiger partial charge is 0.328 e. The summed E-state index contributed by atoms with van der Waals surface area (Å²) in [6.45, 7) is 4.00. The summed E-state index contributed by atoms with van der Waals surface area (Å²) in [5, 5.41) is 9.12. The van der Waals surface area contributed by atoms with Gasteiger partial charge in [0, 0.05) is 25.3 Å². The molecule has 172 valence electrons. The first-order valence-corrected chi connectivity index (χ1v) is 13.6. The number of para-hydroxylation sites is 1. The van der Waals surface area contributed by atoms with Gasteiger partial charge < -0.3 is 4.57 Å². The third kappa shape index (κ3) is 4.30. The predicted octanol–water partition coefficient (Wildman–Crippen LogP) is 4.10. The molecule has 0 unspecified atom stereocenters. The first-order valence-electron chi connectivity index (χ1n) is 11.2. The van der Waals surface area contributed by atoms with Gasteiger partial charge in [-0.3, -0.25) is 4.57 Å². The number of thioether (sulfide) groups is 1. The first kappa shape index (κ1) is 22.1. The van der Waals surface area contributed by atoms with E-state index in [0.29, 0.717) is 29.3 Å². The normalized spacial score (nSPS) is 15.3. The number of hydrogen-bond acceptors (Lipinski definition) is 6. The summed E-state index contributed by atoms with van der Waals surface area (Å²) in [5.41, 5.74) is 2.65. The Balaban J connectivity index is 1.42. The van der Waals surface area contributed by atoms with Crippen molar-refractivity contribution in [3.05, 3.63) is 60.7 Å². The van der Waals surface area contributed by atoms with Crippen LogP contribution in [0.4, 0.5) is 0 Å². The van der Waals surface area contributed by atoms with Crippen molar-refractivity contribution in [2.45, 2.75) is 48.5 Å². The zero-order valence-corrected chi connectivity index (χ0v) is 20.1. The topological polar surface area (TPSA) is 85.9 Å². The Morgan fingerprint density at radius 1 is 1.03 bits per heavy atom. The number of aryl methyl sites for hydroxylation is 1. The zero-order chi connectivity index (χ0) is 22.8. The van der Waals surface area contributed by atoms with Gasteiger partial charge in [-0.1, -0.05) is 36.4 Å². The van der Waals surface area contributed by atoms with Crippen molar-refractivity contribution in [3.63, 3.8) is 0 Å². The van der Waals surface area contributed by atoms with Crippen LogP contribution in [0.25, 0.3) is 16.7 Å². The lowest BCUT2D eigenvalue weighted by atomic mass is 10.2. The fourth-order valence-corrected chi connectivity index (χ4v) is 6.67. The van der Waals surface area contributed by atoms with Gasteiger partial charge in [0.2, 0.25) is 10.0 Å². The third-order valence-electron chi connectivity index (χ3n) is 5.95. The van der Waals surface area contributed by atoms with Crippen LogP contribution < -0.4 is 0 Å². The van der Waals surface area contributed by atoms with Crippen LogP contribution >= 0.6 is 11.8 Å². The summed E-state index contributed by atoms with van der Waals surface area (Å²) in [5.74, 6) is 1.48. The average Bonchev–Trinajstić information content (AvgIpc) is 3.47. The SMILES string of the molecule is CCn1c(CSc2nncn2-c2ccccc2)nc2cc(S(=O)(=O)N3CCCCC3)ccc21. The minimum absolute atomic E-state index is 0.320. The maximum absolute atomic E-state index is 13.1. The monoisotopic (exact) mass is 482 g/mol. The minimum atomic E-state index is -3.49. The molecule has 0 amide bonds. The number of hydrogen-bond donors (Lipinski definition) is 0. The number of imidazole rings is 1. The van der Waals surface area contributed by atoms with E-state index in [1.54, 1.807) is 34.5 Å². The second-order valence-corrected chi connectivity index (χ2v) is 10.9. The average molecular weight is 483 g/mol. The first-order chi connectivity index (χ1) is 16.1. The zero-order valence-electron chi connectivity index (χ0n) is 18.5. The Hall–Kier alpha value is -2.69. The van der Waals surface area contributed by atoms with Gasteiger partial charge in [-0.25, -0.2) is 13.4 Å². The Kier molecular flexibility index (Phi) is 6.22. The molecule has 33 heavy (non-hydrogen) atoms. The predicted molar refractivity (Wildman–Crippen MR) is 129 cm³/mol. The number of nitrogens with zero attached hydrogens (tertiary/aromatic N) is 6.